The zero-order valence-corrected chi connectivity index (χ0v) is 17.9. The Morgan fingerprint density at radius 3 is 2.87 bits per heavy atom. The lowest BCUT2D eigenvalue weighted by Crippen LogP contribution is -2.27. The number of allylic oxidation sites excluding steroid dienone is 3. The van der Waals surface area contributed by atoms with Crippen molar-refractivity contribution >= 4 is 28.2 Å². The largest absolute Gasteiger partial charge is 0.361 e. The highest BCUT2D eigenvalue weighted by Gasteiger charge is 2.37. The Morgan fingerprint density at radius 2 is 2.07 bits per heavy atom. The molecule has 1 fully saturated rings. The maximum atomic E-state index is 14.4. The van der Waals surface area contributed by atoms with Gasteiger partial charge in [-0.3, -0.25) is 4.98 Å². The van der Waals surface area contributed by atoms with E-state index < -0.39 is 0 Å². The van der Waals surface area contributed by atoms with E-state index in [2.05, 4.69) is 21.8 Å². The molecule has 2 aliphatic rings. The van der Waals surface area contributed by atoms with Crippen LogP contribution < -0.4 is 0 Å². The summed E-state index contributed by atoms with van der Waals surface area (Å²) in [6.45, 7) is 5.09. The second kappa shape index (κ2) is 7.55. The number of aryl methyl sites for hydroxylation is 1. The second-order valence-electron chi connectivity index (χ2n) is 8.26. The summed E-state index contributed by atoms with van der Waals surface area (Å²) >= 11 is 6.31. The molecule has 2 aromatic heterocycles. The van der Waals surface area contributed by atoms with Gasteiger partial charge in [-0.05, 0) is 61.6 Å². The number of halogens is 2. The van der Waals surface area contributed by atoms with Gasteiger partial charge < -0.3 is 9.88 Å². The minimum atomic E-state index is -0.0739. The lowest BCUT2D eigenvalue weighted by atomic mass is 9.95. The monoisotopic (exact) mass is 422 g/mol. The van der Waals surface area contributed by atoms with Crippen LogP contribution >= 0.6 is 11.6 Å². The Kier molecular flexibility index (Phi) is 4.86. The lowest BCUT2D eigenvalue weighted by Gasteiger charge is -2.32. The molecule has 154 valence electrons. The van der Waals surface area contributed by atoms with E-state index in [-0.39, 0.29) is 11.9 Å². The SMILES string of the molecule is Cc1c(Cl)ccc2[nH]c([C@@H]3[C@@H](C)CCN3C3=C(c4ccccn4)CCC(F)=C3)nc12. The predicted molar refractivity (Wildman–Crippen MR) is 119 cm³/mol. The Balaban J connectivity index is 1.63. The highest BCUT2D eigenvalue weighted by Crippen LogP contribution is 2.44. The minimum absolute atomic E-state index is 0.0476. The summed E-state index contributed by atoms with van der Waals surface area (Å²) in [4.78, 5) is 15.3. The zero-order valence-electron chi connectivity index (χ0n) is 17.1. The highest BCUT2D eigenvalue weighted by atomic mass is 35.5. The molecule has 2 atom stereocenters. The average Bonchev–Trinajstić information content (AvgIpc) is 3.35. The number of rotatable bonds is 3. The smallest absolute Gasteiger partial charge is 0.130 e. The summed E-state index contributed by atoms with van der Waals surface area (Å²) in [5, 5.41) is 0.717. The van der Waals surface area contributed by atoms with Gasteiger partial charge in [0.05, 0.1) is 22.8 Å². The van der Waals surface area contributed by atoms with E-state index in [0.717, 1.165) is 52.4 Å². The van der Waals surface area contributed by atoms with Crippen LogP contribution in [0.5, 0.6) is 0 Å². The predicted octanol–water partition coefficient (Wildman–Crippen LogP) is 6.36. The van der Waals surface area contributed by atoms with Crippen molar-refractivity contribution in [3.8, 4) is 0 Å². The summed E-state index contributed by atoms with van der Waals surface area (Å²) in [5.74, 6) is 1.22. The molecule has 5 rings (SSSR count). The fourth-order valence-corrected chi connectivity index (χ4v) is 4.87. The summed E-state index contributed by atoms with van der Waals surface area (Å²) < 4.78 is 14.4. The average molecular weight is 423 g/mol. The van der Waals surface area contributed by atoms with Gasteiger partial charge in [-0.1, -0.05) is 24.6 Å². The molecule has 30 heavy (non-hydrogen) atoms. The van der Waals surface area contributed by atoms with Crippen LogP contribution in [0, 0.1) is 12.8 Å². The first-order chi connectivity index (χ1) is 14.5. The molecule has 0 bridgehead atoms. The third kappa shape index (κ3) is 3.21. The van der Waals surface area contributed by atoms with Crippen molar-refractivity contribution in [2.24, 2.45) is 5.92 Å². The van der Waals surface area contributed by atoms with Crippen molar-refractivity contribution in [3.05, 3.63) is 76.2 Å². The number of imidazole rings is 1. The van der Waals surface area contributed by atoms with Crippen molar-refractivity contribution in [1.82, 2.24) is 19.9 Å². The van der Waals surface area contributed by atoms with E-state index in [9.17, 15) is 4.39 Å². The van der Waals surface area contributed by atoms with Crippen LogP contribution in [0.4, 0.5) is 4.39 Å². The number of benzene rings is 1. The normalized spacial score (nSPS) is 22.1. The number of hydrogen-bond donors (Lipinski definition) is 1. The van der Waals surface area contributed by atoms with Gasteiger partial charge in [0.25, 0.3) is 0 Å². The number of likely N-dealkylation sites (tertiary alicyclic amines) is 1. The number of nitrogens with zero attached hydrogens (tertiary/aromatic N) is 3. The topological polar surface area (TPSA) is 44.8 Å². The van der Waals surface area contributed by atoms with Crippen molar-refractivity contribution in [3.63, 3.8) is 0 Å². The molecule has 0 amide bonds. The van der Waals surface area contributed by atoms with Crippen LogP contribution in [0.15, 0.2) is 54.1 Å². The third-order valence-electron chi connectivity index (χ3n) is 6.34. The number of H-pyrrole nitrogens is 1. The van der Waals surface area contributed by atoms with Crippen LogP contribution in [-0.2, 0) is 0 Å². The number of fused-ring (bicyclic) bond motifs is 1. The first-order valence-corrected chi connectivity index (χ1v) is 10.8. The molecule has 1 saturated heterocycles. The molecule has 6 heteroatoms. The van der Waals surface area contributed by atoms with Crippen LogP contribution in [-0.4, -0.2) is 26.4 Å². The van der Waals surface area contributed by atoms with Gasteiger partial charge in [-0.15, -0.1) is 0 Å². The van der Waals surface area contributed by atoms with Gasteiger partial charge in [-0.2, -0.15) is 0 Å². The van der Waals surface area contributed by atoms with Crippen molar-refractivity contribution in [2.45, 2.75) is 39.2 Å². The summed E-state index contributed by atoms with van der Waals surface area (Å²) in [6, 6.07) is 9.82. The molecule has 4 nitrogen and oxygen atoms in total. The molecule has 1 aliphatic heterocycles. The maximum absolute atomic E-state index is 14.4. The molecule has 0 spiro atoms. The number of aromatic amines is 1. The van der Waals surface area contributed by atoms with Gasteiger partial charge >= 0.3 is 0 Å². The van der Waals surface area contributed by atoms with E-state index in [1.807, 2.05) is 37.3 Å². The zero-order chi connectivity index (χ0) is 20.8. The number of pyridine rings is 1. The van der Waals surface area contributed by atoms with Gasteiger partial charge in [0.1, 0.15) is 11.7 Å². The minimum Gasteiger partial charge on any atom is -0.361 e. The van der Waals surface area contributed by atoms with Crippen LogP contribution in [0.25, 0.3) is 16.6 Å². The molecule has 0 saturated carbocycles. The molecule has 0 unspecified atom stereocenters. The number of hydrogen-bond acceptors (Lipinski definition) is 3. The van der Waals surface area contributed by atoms with E-state index >= 15 is 0 Å². The van der Waals surface area contributed by atoms with Crippen LogP contribution in [0.3, 0.4) is 0 Å². The summed E-state index contributed by atoms with van der Waals surface area (Å²) in [5.41, 5.74) is 5.82. The highest BCUT2D eigenvalue weighted by molar-refractivity contribution is 6.32. The molecule has 3 heterocycles. The molecule has 1 N–H and O–H groups in total. The Bertz CT molecular complexity index is 1160. The van der Waals surface area contributed by atoms with Crippen molar-refractivity contribution in [1.29, 1.82) is 0 Å². The Morgan fingerprint density at radius 1 is 1.20 bits per heavy atom. The molecular formula is C24H24ClFN4. The number of nitrogens with one attached hydrogen (secondary N) is 1. The van der Waals surface area contributed by atoms with E-state index in [1.54, 1.807) is 12.3 Å². The van der Waals surface area contributed by atoms with Crippen molar-refractivity contribution in [2.75, 3.05) is 6.54 Å². The Hall–Kier alpha value is -2.66. The first kappa shape index (κ1) is 19.3. The standard InChI is InChI=1S/C24H24ClFN4/c1-14-10-12-30(21-13-16(26)6-7-17(21)19-5-3-4-11-27-19)23(14)24-28-20-9-8-18(25)15(2)22(20)29-24/h3-5,8-9,11,13-14,23H,6-7,10,12H2,1-2H3,(H,28,29)/t14-,23-/m0/s1. The van der Waals surface area contributed by atoms with Gasteiger partial charge in [0.2, 0.25) is 0 Å². The fourth-order valence-electron chi connectivity index (χ4n) is 4.72. The quantitative estimate of drug-likeness (QED) is 0.534. The summed E-state index contributed by atoms with van der Waals surface area (Å²) in [7, 11) is 0. The van der Waals surface area contributed by atoms with Crippen LogP contribution in [0.2, 0.25) is 5.02 Å². The van der Waals surface area contributed by atoms with Gasteiger partial charge in [0, 0.05) is 35.5 Å². The van der Waals surface area contributed by atoms with Gasteiger partial charge in [0.15, 0.2) is 0 Å². The van der Waals surface area contributed by atoms with E-state index in [1.165, 1.54) is 0 Å². The molecular weight excluding hydrogens is 399 g/mol. The molecule has 3 aromatic rings. The van der Waals surface area contributed by atoms with E-state index in [0.29, 0.717) is 23.8 Å². The second-order valence-corrected chi connectivity index (χ2v) is 8.67. The number of aromatic nitrogens is 3. The van der Waals surface area contributed by atoms with Gasteiger partial charge in [-0.25, -0.2) is 9.37 Å². The third-order valence-corrected chi connectivity index (χ3v) is 6.75. The van der Waals surface area contributed by atoms with Crippen molar-refractivity contribution < 1.29 is 4.39 Å². The fraction of sp³-hybridized carbons (Fsp3) is 0.333. The Labute approximate surface area is 180 Å². The van der Waals surface area contributed by atoms with E-state index in [4.69, 9.17) is 16.6 Å². The molecule has 1 aromatic carbocycles. The summed E-state index contributed by atoms with van der Waals surface area (Å²) in [6.07, 6.45) is 5.59. The molecule has 1 aliphatic carbocycles. The maximum Gasteiger partial charge on any atom is 0.130 e. The molecule has 0 radical (unpaired) electrons. The van der Waals surface area contributed by atoms with Crippen LogP contribution in [0.1, 0.15) is 49.3 Å². The lowest BCUT2D eigenvalue weighted by molar-refractivity contribution is 0.289. The first-order valence-electron chi connectivity index (χ1n) is 10.4.